The summed E-state index contributed by atoms with van der Waals surface area (Å²) in [5.74, 6) is -0.00870. The molecule has 3 aromatic carbocycles. The lowest BCUT2D eigenvalue weighted by Crippen LogP contribution is -2.08. The molecule has 0 radical (unpaired) electrons. The van der Waals surface area contributed by atoms with E-state index >= 15 is 0 Å². The lowest BCUT2D eigenvalue weighted by atomic mass is 9.85. The van der Waals surface area contributed by atoms with Gasteiger partial charge < -0.3 is 0 Å². The summed E-state index contributed by atoms with van der Waals surface area (Å²) in [6.45, 7) is 0. The van der Waals surface area contributed by atoms with Gasteiger partial charge in [0.05, 0.1) is 23.3 Å². The van der Waals surface area contributed by atoms with E-state index in [9.17, 15) is 0 Å². The maximum atomic E-state index is 4.62. The number of hydrogen-bond acceptors (Lipinski definition) is 3. The van der Waals surface area contributed by atoms with Gasteiger partial charge in [-0.1, -0.05) is 54.6 Å². The van der Waals surface area contributed by atoms with Gasteiger partial charge in [-0.25, -0.2) is 9.50 Å². The van der Waals surface area contributed by atoms with E-state index in [2.05, 4.69) is 81.8 Å². The van der Waals surface area contributed by atoms with Crippen molar-refractivity contribution in [2.45, 2.75) is 5.92 Å². The molecule has 30 heavy (non-hydrogen) atoms. The third-order valence-electron chi connectivity index (χ3n) is 5.69. The molecule has 0 aliphatic rings. The molecule has 3 heterocycles. The molecular formula is C26H18N4. The number of aromatic nitrogens is 4. The second-order valence-electron chi connectivity index (χ2n) is 7.43. The largest absolute Gasteiger partial charge is 0.256 e. The molecule has 0 N–H and O–H groups in total. The molecule has 142 valence electrons. The van der Waals surface area contributed by atoms with Crippen molar-refractivity contribution >= 4 is 27.3 Å². The molecule has 4 heteroatoms. The van der Waals surface area contributed by atoms with Crippen LogP contribution in [0.1, 0.15) is 22.7 Å². The molecule has 0 saturated carbocycles. The van der Waals surface area contributed by atoms with Crippen LogP contribution in [0.25, 0.3) is 27.3 Å². The summed E-state index contributed by atoms with van der Waals surface area (Å²) in [6.07, 6.45) is 5.59. The molecule has 0 fully saturated rings. The zero-order valence-corrected chi connectivity index (χ0v) is 16.2. The van der Waals surface area contributed by atoms with Crippen molar-refractivity contribution < 1.29 is 0 Å². The van der Waals surface area contributed by atoms with Gasteiger partial charge in [0.25, 0.3) is 0 Å². The number of benzene rings is 3. The molecule has 0 aliphatic carbocycles. The fourth-order valence-electron chi connectivity index (χ4n) is 4.33. The van der Waals surface area contributed by atoms with Crippen LogP contribution in [-0.4, -0.2) is 19.6 Å². The second kappa shape index (κ2) is 6.78. The van der Waals surface area contributed by atoms with Crippen LogP contribution < -0.4 is 0 Å². The average Bonchev–Trinajstić information content (AvgIpc) is 3.23. The Morgan fingerprint density at radius 2 is 1.57 bits per heavy atom. The van der Waals surface area contributed by atoms with Crippen LogP contribution in [0.3, 0.4) is 0 Å². The highest BCUT2D eigenvalue weighted by Gasteiger charge is 2.23. The third kappa shape index (κ3) is 2.65. The van der Waals surface area contributed by atoms with Crippen molar-refractivity contribution in [3.63, 3.8) is 0 Å². The number of rotatable bonds is 3. The highest BCUT2D eigenvalue weighted by molar-refractivity contribution is 5.87. The molecule has 0 saturated heterocycles. The zero-order chi connectivity index (χ0) is 19.9. The van der Waals surface area contributed by atoms with Gasteiger partial charge in [-0.2, -0.15) is 5.10 Å². The third-order valence-corrected chi connectivity index (χ3v) is 5.69. The van der Waals surface area contributed by atoms with Gasteiger partial charge in [-0.15, -0.1) is 0 Å². The smallest absolute Gasteiger partial charge is 0.153 e. The van der Waals surface area contributed by atoms with E-state index in [0.717, 1.165) is 22.2 Å². The summed E-state index contributed by atoms with van der Waals surface area (Å²) in [6, 6.07) is 29.5. The van der Waals surface area contributed by atoms with E-state index in [4.69, 9.17) is 0 Å². The van der Waals surface area contributed by atoms with Crippen molar-refractivity contribution in [1.29, 1.82) is 0 Å². The van der Waals surface area contributed by atoms with E-state index in [1.54, 1.807) is 0 Å². The van der Waals surface area contributed by atoms with Crippen LogP contribution in [0, 0.1) is 0 Å². The molecule has 0 amide bonds. The van der Waals surface area contributed by atoms with Crippen molar-refractivity contribution in [2.75, 3.05) is 0 Å². The summed E-state index contributed by atoms with van der Waals surface area (Å²) in [4.78, 5) is 9.11. The fourth-order valence-corrected chi connectivity index (χ4v) is 4.33. The number of pyridine rings is 1. The van der Waals surface area contributed by atoms with Gasteiger partial charge in [-0.05, 0) is 52.2 Å². The summed E-state index contributed by atoms with van der Waals surface area (Å²) in [5, 5.41) is 8.19. The monoisotopic (exact) mass is 386 g/mol. The molecular weight excluding hydrogens is 368 g/mol. The van der Waals surface area contributed by atoms with Gasteiger partial charge >= 0.3 is 0 Å². The molecule has 4 nitrogen and oxygen atoms in total. The standard InChI is InChI=1S/C26H18N4/c1-2-9-21-18(6-1)7-3-10-22(21)26(24-17-28-25-11-5-15-29-30(24)25)20-12-13-23-19(16-20)8-4-14-27-23/h1-17,26H. The molecule has 6 aromatic rings. The Kier molecular flexibility index (Phi) is 3.81. The van der Waals surface area contributed by atoms with Gasteiger partial charge in [0.1, 0.15) is 0 Å². The van der Waals surface area contributed by atoms with Crippen LogP contribution in [0.2, 0.25) is 0 Å². The summed E-state index contributed by atoms with van der Waals surface area (Å²) >= 11 is 0. The normalized spacial score (nSPS) is 12.5. The Bertz CT molecular complexity index is 1510. The molecule has 0 aliphatic heterocycles. The maximum Gasteiger partial charge on any atom is 0.153 e. The molecule has 6 rings (SSSR count). The SMILES string of the molecule is c1cnc2ccc(C(c3cccc4ccccc34)c3cnc4cccnn34)cc2c1. The number of imidazole rings is 1. The summed E-state index contributed by atoms with van der Waals surface area (Å²) in [5.41, 5.74) is 5.32. The first kappa shape index (κ1) is 16.9. The summed E-state index contributed by atoms with van der Waals surface area (Å²) in [7, 11) is 0. The number of nitrogens with zero attached hydrogens (tertiary/aromatic N) is 4. The van der Waals surface area contributed by atoms with E-state index in [-0.39, 0.29) is 5.92 Å². The zero-order valence-electron chi connectivity index (χ0n) is 16.2. The Morgan fingerprint density at radius 3 is 2.57 bits per heavy atom. The minimum Gasteiger partial charge on any atom is -0.256 e. The Morgan fingerprint density at radius 1 is 0.700 bits per heavy atom. The molecule has 0 bridgehead atoms. The van der Waals surface area contributed by atoms with Crippen molar-refractivity contribution in [2.24, 2.45) is 0 Å². The first-order chi connectivity index (χ1) is 14.9. The van der Waals surface area contributed by atoms with Gasteiger partial charge in [-0.3, -0.25) is 4.98 Å². The quantitative estimate of drug-likeness (QED) is 0.397. The maximum absolute atomic E-state index is 4.62. The lowest BCUT2D eigenvalue weighted by molar-refractivity contribution is 0.819. The Hall–Kier alpha value is -4.05. The number of hydrogen-bond donors (Lipinski definition) is 0. The predicted octanol–water partition coefficient (Wildman–Crippen LogP) is 5.61. The van der Waals surface area contributed by atoms with Gasteiger partial charge in [0.15, 0.2) is 5.65 Å². The van der Waals surface area contributed by atoms with Gasteiger partial charge in [0, 0.05) is 17.8 Å². The minimum absolute atomic E-state index is 0.00870. The highest BCUT2D eigenvalue weighted by Crippen LogP contribution is 2.37. The minimum atomic E-state index is -0.00870. The molecule has 1 atom stereocenters. The fraction of sp³-hybridized carbons (Fsp3) is 0.0385. The highest BCUT2D eigenvalue weighted by atomic mass is 15.3. The van der Waals surface area contributed by atoms with Crippen LogP contribution in [0.5, 0.6) is 0 Å². The summed E-state index contributed by atoms with van der Waals surface area (Å²) < 4.78 is 1.94. The van der Waals surface area contributed by atoms with Crippen molar-refractivity contribution in [1.82, 2.24) is 19.6 Å². The molecule has 3 aromatic heterocycles. The van der Waals surface area contributed by atoms with Crippen LogP contribution in [0.15, 0.2) is 104 Å². The average molecular weight is 386 g/mol. The molecule has 0 spiro atoms. The van der Waals surface area contributed by atoms with Crippen molar-refractivity contribution in [3.8, 4) is 0 Å². The van der Waals surface area contributed by atoms with Gasteiger partial charge in [0.2, 0.25) is 0 Å². The van der Waals surface area contributed by atoms with E-state index in [0.29, 0.717) is 0 Å². The lowest BCUT2D eigenvalue weighted by Gasteiger charge is -2.20. The topological polar surface area (TPSA) is 43.1 Å². The molecule has 1 unspecified atom stereocenters. The second-order valence-corrected chi connectivity index (χ2v) is 7.43. The first-order valence-corrected chi connectivity index (χ1v) is 9.99. The van der Waals surface area contributed by atoms with E-state index in [1.165, 1.54) is 21.9 Å². The van der Waals surface area contributed by atoms with Crippen LogP contribution >= 0.6 is 0 Å². The van der Waals surface area contributed by atoms with Crippen LogP contribution in [0.4, 0.5) is 0 Å². The van der Waals surface area contributed by atoms with Crippen LogP contribution in [-0.2, 0) is 0 Å². The predicted molar refractivity (Wildman–Crippen MR) is 120 cm³/mol. The number of fused-ring (bicyclic) bond motifs is 3. The Balaban J connectivity index is 1.67. The van der Waals surface area contributed by atoms with Crippen molar-refractivity contribution in [3.05, 3.63) is 120 Å². The first-order valence-electron chi connectivity index (χ1n) is 9.99. The van der Waals surface area contributed by atoms with E-state index < -0.39 is 0 Å². The van der Waals surface area contributed by atoms with E-state index in [1.807, 2.05) is 41.3 Å². The Labute approximate surface area is 173 Å².